The molecule has 1 fully saturated rings. The van der Waals surface area contributed by atoms with Gasteiger partial charge in [-0.1, -0.05) is 42.5 Å². The van der Waals surface area contributed by atoms with Crippen molar-refractivity contribution >= 4 is 27.5 Å². The first-order valence-corrected chi connectivity index (χ1v) is 11.0. The number of hydrogen-bond acceptors (Lipinski definition) is 3. The Balaban J connectivity index is 1.49. The predicted molar refractivity (Wildman–Crippen MR) is 115 cm³/mol. The number of thiazole rings is 1. The van der Waals surface area contributed by atoms with Crippen molar-refractivity contribution in [1.29, 1.82) is 0 Å². The lowest BCUT2D eigenvalue weighted by molar-refractivity contribution is -0.929. The second-order valence-corrected chi connectivity index (χ2v) is 8.81. The Hall–Kier alpha value is -2.24. The van der Waals surface area contributed by atoms with Crippen LogP contribution in [0, 0.1) is 0 Å². The molecule has 1 amide bonds. The van der Waals surface area contributed by atoms with E-state index in [0.717, 1.165) is 18.5 Å². The number of piperidine rings is 1. The van der Waals surface area contributed by atoms with E-state index >= 15 is 0 Å². The number of likely N-dealkylation sites (N-methyl/N-ethyl adjacent to an activating group) is 1. The molecule has 1 aromatic heterocycles. The van der Waals surface area contributed by atoms with E-state index in [9.17, 15) is 4.79 Å². The van der Waals surface area contributed by atoms with Crippen molar-refractivity contribution in [3.05, 3.63) is 65.2 Å². The standard InChI is InChI=1S/C23H27N3OS/c1-17(18-10-4-3-5-11-18)25(2)22(27)16-26-15-9-8-13-20(26)23-24-19-12-6-7-14-21(19)28-23/h3-7,10-12,14,17,20H,8-9,13,15-16H2,1-2H3/p+1/t17-,20-/m1/s1. The molecule has 1 saturated heterocycles. The largest absolute Gasteiger partial charge is 0.334 e. The smallest absolute Gasteiger partial charge is 0.278 e. The average Bonchev–Trinajstić information content (AvgIpc) is 3.17. The number of amides is 1. The SMILES string of the molecule is C[C@H](c1ccccc1)N(C)C(=O)C[NH+]1CCCC[C@@H]1c1nc2ccccc2s1. The van der Waals surface area contributed by atoms with E-state index in [2.05, 4.69) is 37.3 Å². The number of aromatic nitrogens is 1. The van der Waals surface area contributed by atoms with Gasteiger partial charge >= 0.3 is 0 Å². The van der Waals surface area contributed by atoms with Crippen LogP contribution in [0.1, 0.15) is 48.8 Å². The molecule has 5 heteroatoms. The Morgan fingerprint density at radius 2 is 1.93 bits per heavy atom. The molecule has 1 aliphatic rings. The minimum Gasteiger partial charge on any atom is -0.334 e. The van der Waals surface area contributed by atoms with Crippen LogP contribution in [0.3, 0.4) is 0 Å². The van der Waals surface area contributed by atoms with Gasteiger partial charge < -0.3 is 9.80 Å². The summed E-state index contributed by atoms with van der Waals surface area (Å²) in [4.78, 5) is 21.2. The van der Waals surface area contributed by atoms with Crippen LogP contribution < -0.4 is 4.90 Å². The fourth-order valence-corrected chi connectivity index (χ4v) is 5.28. The number of quaternary nitrogens is 1. The van der Waals surface area contributed by atoms with Crippen LogP contribution in [0.2, 0.25) is 0 Å². The molecule has 0 spiro atoms. The highest BCUT2D eigenvalue weighted by Gasteiger charge is 2.33. The first kappa shape index (κ1) is 19.1. The van der Waals surface area contributed by atoms with E-state index in [1.807, 2.05) is 36.2 Å². The molecular weight excluding hydrogens is 366 g/mol. The first-order valence-electron chi connectivity index (χ1n) is 10.1. The Morgan fingerprint density at radius 3 is 2.71 bits per heavy atom. The number of carbonyl (C=O) groups is 1. The van der Waals surface area contributed by atoms with E-state index in [-0.39, 0.29) is 11.9 Å². The molecule has 4 rings (SSSR count). The van der Waals surface area contributed by atoms with E-state index in [0.29, 0.717) is 12.6 Å². The van der Waals surface area contributed by atoms with E-state index < -0.39 is 0 Å². The zero-order valence-electron chi connectivity index (χ0n) is 16.6. The molecule has 3 atom stereocenters. The minimum atomic E-state index is 0.0822. The lowest BCUT2D eigenvalue weighted by atomic mass is 10.0. The normalized spacial score (nSPS) is 20.8. The van der Waals surface area contributed by atoms with Crippen LogP contribution in [0.25, 0.3) is 10.2 Å². The third-order valence-corrected chi connectivity index (χ3v) is 7.13. The summed E-state index contributed by atoms with van der Waals surface area (Å²) in [7, 11) is 1.93. The van der Waals surface area contributed by atoms with Crippen LogP contribution in [0.5, 0.6) is 0 Å². The van der Waals surface area contributed by atoms with Gasteiger partial charge in [-0.05, 0) is 37.5 Å². The maximum Gasteiger partial charge on any atom is 0.278 e. The van der Waals surface area contributed by atoms with Crippen molar-refractivity contribution in [2.45, 2.75) is 38.3 Å². The summed E-state index contributed by atoms with van der Waals surface area (Å²) in [6.45, 7) is 3.68. The highest BCUT2D eigenvalue weighted by molar-refractivity contribution is 7.18. The molecule has 4 nitrogen and oxygen atoms in total. The van der Waals surface area contributed by atoms with Crippen molar-refractivity contribution in [1.82, 2.24) is 9.88 Å². The molecule has 0 aliphatic carbocycles. The Bertz CT molecular complexity index is 906. The fourth-order valence-electron chi connectivity index (χ4n) is 4.12. The van der Waals surface area contributed by atoms with Crippen LogP contribution >= 0.6 is 11.3 Å². The topological polar surface area (TPSA) is 37.6 Å². The first-order chi connectivity index (χ1) is 13.6. The molecule has 2 heterocycles. The molecule has 2 aromatic carbocycles. The van der Waals surface area contributed by atoms with Gasteiger partial charge in [-0.25, -0.2) is 4.98 Å². The maximum atomic E-state index is 13.1. The van der Waals surface area contributed by atoms with Gasteiger partial charge in [0.2, 0.25) is 0 Å². The van der Waals surface area contributed by atoms with E-state index in [1.54, 1.807) is 11.3 Å². The van der Waals surface area contributed by atoms with Crippen LogP contribution in [0.4, 0.5) is 0 Å². The average molecular weight is 395 g/mol. The number of rotatable bonds is 5. The molecule has 28 heavy (non-hydrogen) atoms. The summed E-state index contributed by atoms with van der Waals surface area (Å²) in [5.74, 6) is 0.208. The lowest BCUT2D eigenvalue weighted by Crippen LogP contribution is -3.14. The van der Waals surface area contributed by atoms with Gasteiger partial charge in [-0.15, -0.1) is 11.3 Å². The molecule has 0 radical (unpaired) electrons. The molecule has 1 N–H and O–H groups in total. The number of carbonyl (C=O) groups excluding carboxylic acids is 1. The number of hydrogen-bond donors (Lipinski definition) is 1. The Kier molecular flexibility index (Phi) is 5.74. The van der Waals surface area contributed by atoms with Gasteiger partial charge in [0.1, 0.15) is 6.04 Å². The molecule has 0 saturated carbocycles. The van der Waals surface area contributed by atoms with Gasteiger partial charge in [0.15, 0.2) is 11.6 Å². The van der Waals surface area contributed by atoms with Crippen LogP contribution in [-0.4, -0.2) is 35.9 Å². The van der Waals surface area contributed by atoms with E-state index in [4.69, 9.17) is 4.98 Å². The van der Waals surface area contributed by atoms with Gasteiger partial charge in [-0.3, -0.25) is 4.79 Å². The molecular formula is C23H28N3OS+. The van der Waals surface area contributed by atoms with Crippen molar-refractivity contribution in [3.63, 3.8) is 0 Å². The number of nitrogens with one attached hydrogen (secondary N) is 1. The second kappa shape index (κ2) is 8.41. The van der Waals surface area contributed by atoms with Gasteiger partial charge in [0.05, 0.1) is 22.8 Å². The highest BCUT2D eigenvalue weighted by Crippen LogP contribution is 2.28. The molecule has 0 bridgehead atoms. The highest BCUT2D eigenvalue weighted by atomic mass is 32.1. The van der Waals surface area contributed by atoms with Gasteiger partial charge in [0.25, 0.3) is 5.91 Å². The number of benzene rings is 2. The summed E-state index contributed by atoms with van der Waals surface area (Å²) in [6, 6.07) is 19.0. The van der Waals surface area contributed by atoms with E-state index in [1.165, 1.54) is 33.0 Å². The van der Waals surface area contributed by atoms with Crippen LogP contribution in [-0.2, 0) is 4.79 Å². The second-order valence-electron chi connectivity index (χ2n) is 7.74. The third kappa shape index (κ3) is 3.96. The zero-order valence-corrected chi connectivity index (χ0v) is 17.4. The number of fused-ring (bicyclic) bond motifs is 1. The molecule has 146 valence electrons. The number of likely N-dealkylation sites (tertiary alicyclic amines) is 1. The summed E-state index contributed by atoms with van der Waals surface area (Å²) in [6.07, 6.45) is 3.51. The van der Waals surface area contributed by atoms with Crippen molar-refractivity contribution < 1.29 is 9.69 Å². The lowest BCUT2D eigenvalue weighted by Gasteiger charge is -2.33. The molecule has 1 unspecified atom stereocenters. The van der Waals surface area contributed by atoms with Crippen molar-refractivity contribution in [2.75, 3.05) is 20.1 Å². The quantitative estimate of drug-likeness (QED) is 0.718. The van der Waals surface area contributed by atoms with Gasteiger partial charge in [0, 0.05) is 13.5 Å². The molecule has 1 aliphatic heterocycles. The maximum absolute atomic E-state index is 13.1. The summed E-state index contributed by atoms with van der Waals surface area (Å²) in [5, 5.41) is 1.18. The Morgan fingerprint density at radius 1 is 1.18 bits per heavy atom. The van der Waals surface area contributed by atoms with Crippen molar-refractivity contribution in [3.8, 4) is 0 Å². The zero-order chi connectivity index (χ0) is 19.5. The monoisotopic (exact) mass is 394 g/mol. The van der Waals surface area contributed by atoms with Crippen LogP contribution in [0.15, 0.2) is 54.6 Å². The fraction of sp³-hybridized carbons (Fsp3) is 0.391. The number of para-hydroxylation sites is 1. The third-order valence-electron chi connectivity index (χ3n) is 5.98. The van der Waals surface area contributed by atoms with Gasteiger partial charge in [-0.2, -0.15) is 0 Å². The summed E-state index contributed by atoms with van der Waals surface area (Å²) >= 11 is 1.79. The minimum absolute atomic E-state index is 0.0822. The number of nitrogens with zero attached hydrogens (tertiary/aromatic N) is 2. The summed E-state index contributed by atoms with van der Waals surface area (Å²) in [5.41, 5.74) is 2.25. The summed E-state index contributed by atoms with van der Waals surface area (Å²) < 4.78 is 1.24. The predicted octanol–water partition coefficient (Wildman–Crippen LogP) is 3.63. The Labute approximate surface area is 170 Å². The van der Waals surface area contributed by atoms with Crippen molar-refractivity contribution in [2.24, 2.45) is 0 Å². The molecule has 3 aromatic rings.